The van der Waals surface area contributed by atoms with E-state index in [1.165, 1.54) is 37.6 Å². The van der Waals surface area contributed by atoms with Crippen molar-refractivity contribution in [2.45, 2.75) is 23.7 Å². The molecule has 1 aliphatic carbocycles. The molecule has 0 amide bonds. The van der Waals surface area contributed by atoms with Crippen LogP contribution in [0, 0.1) is 11.7 Å². The maximum Gasteiger partial charge on any atom is 0.343 e. The molecule has 31 heavy (non-hydrogen) atoms. The third-order valence-electron chi connectivity index (χ3n) is 6.19. The lowest BCUT2D eigenvalue weighted by Crippen LogP contribution is -2.36. The van der Waals surface area contributed by atoms with Crippen LogP contribution in [0.25, 0.3) is 6.08 Å². The highest BCUT2D eigenvalue weighted by Crippen LogP contribution is 2.55. The predicted molar refractivity (Wildman–Crippen MR) is 120 cm³/mol. The first-order valence-corrected chi connectivity index (χ1v) is 11.4. The predicted octanol–water partition coefficient (Wildman–Crippen LogP) is 4.95. The smallest absolute Gasteiger partial charge is 0.343 e. The molecule has 1 N–H and O–H groups in total. The number of hydrogen-bond donors (Lipinski definition) is 1. The number of hydrogen-bond acceptors (Lipinski definition) is 6. The standard InChI is InChI=1S/C24H25FN2O3S/c1-29-24(28)22-20(7-6-18-19-13-16(19)14-30-23(18)22)26-31-21-8-5-17(25)12-15(21)4-2-9-27-10-3-11-27/h2,4-8,12,16,19,26H,3,9-11,13-14H2,1H3/b4-2-. The van der Waals surface area contributed by atoms with E-state index in [2.05, 4.69) is 15.7 Å². The number of fused-ring (bicyclic) bond motifs is 3. The lowest BCUT2D eigenvalue weighted by molar-refractivity contribution is 0.0596. The fourth-order valence-electron chi connectivity index (χ4n) is 4.18. The number of carbonyl (C=O) groups excluding carboxylic acids is 1. The maximum atomic E-state index is 13.9. The average Bonchev–Trinajstić information content (AvgIpc) is 3.54. The van der Waals surface area contributed by atoms with Gasteiger partial charge in [0.1, 0.15) is 17.1 Å². The molecule has 7 heteroatoms. The van der Waals surface area contributed by atoms with Gasteiger partial charge in [0.2, 0.25) is 0 Å². The van der Waals surface area contributed by atoms with E-state index >= 15 is 0 Å². The Labute approximate surface area is 185 Å². The van der Waals surface area contributed by atoms with Crippen molar-refractivity contribution in [3.8, 4) is 5.75 Å². The molecule has 2 fully saturated rings. The summed E-state index contributed by atoms with van der Waals surface area (Å²) in [5.74, 6) is 0.979. The maximum absolute atomic E-state index is 13.9. The van der Waals surface area contributed by atoms with Crippen molar-refractivity contribution in [1.29, 1.82) is 0 Å². The van der Waals surface area contributed by atoms with E-state index in [1.54, 1.807) is 6.07 Å². The molecule has 0 aromatic heterocycles. The number of nitrogens with zero attached hydrogens (tertiary/aromatic N) is 1. The molecule has 2 unspecified atom stereocenters. The summed E-state index contributed by atoms with van der Waals surface area (Å²) >= 11 is 1.35. The van der Waals surface area contributed by atoms with Crippen LogP contribution in [0.2, 0.25) is 0 Å². The molecule has 0 bridgehead atoms. The van der Waals surface area contributed by atoms with E-state index in [4.69, 9.17) is 9.47 Å². The van der Waals surface area contributed by atoms with Crippen LogP contribution in [0.15, 0.2) is 41.3 Å². The highest BCUT2D eigenvalue weighted by molar-refractivity contribution is 8.00. The Bertz CT molecular complexity index is 1040. The quantitative estimate of drug-likeness (QED) is 0.486. The molecule has 2 aliphatic heterocycles. The van der Waals surface area contributed by atoms with Crippen molar-refractivity contribution >= 4 is 29.7 Å². The van der Waals surface area contributed by atoms with Gasteiger partial charge in [-0.05, 0) is 79.2 Å². The zero-order chi connectivity index (χ0) is 21.4. The van der Waals surface area contributed by atoms with E-state index < -0.39 is 5.97 Å². The number of benzene rings is 2. The first kappa shape index (κ1) is 20.4. The Balaban J connectivity index is 1.38. The molecule has 162 valence electrons. The topological polar surface area (TPSA) is 50.8 Å². The van der Waals surface area contributed by atoms with E-state index in [-0.39, 0.29) is 5.82 Å². The second kappa shape index (κ2) is 8.55. The molecule has 0 radical (unpaired) electrons. The van der Waals surface area contributed by atoms with E-state index in [9.17, 15) is 9.18 Å². The number of halogens is 1. The zero-order valence-corrected chi connectivity index (χ0v) is 18.2. The minimum absolute atomic E-state index is 0.274. The van der Waals surface area contributed by atoms with Crippen molar-refractivity contribution in [2.75, 3.05) is 38.1 Å². The molecule has 5 rings (SSSR count). The lowest BCUT2D eigenvalue weighted by atomic mass is 10.0. The van der Waals surface area contributed by atoms with Crippen LogP contribution in [0.1, 0.15) is 40.2 Å². The lowest BCUT2D eigenvalue weighted by Gasteiger charge is -2.29. The summed E-state index contributed by atoms with van der Waals surface area (Å²) in [7, 11) is 1.38. The minimum Gasteiger partial charge on any atom is -0.492 e. The van der Waals surface area contributed by atoms with Crippen LogP contribution >= 0.6 is 11.9 Å². The second-order valence-electron chi connectivity index (χ2n) is 8.25. The molecule has 2 heterocycles. The van der Waals surface area contributed by atoms with Gasteiger partial charge in [-0.25, -0.2) is 9.18 Å². The van der Waals surface area contributed by atoms with Gasteiger partial charge >= 0.3 is 5.97 Å². The number of nitrogens with one attached hydrogen (secondary N) is 1. The van der Waals surface area contributed by atoms with Crippen LogP contribution in [0.4, 0.5) is 10.1 Å². The number of esters is 1. The van der Waals surface area contributed by atoms with Gasteiger partial charge in [-0.1, -0.05) is 18.2 Å². The van der Waals surface area contributed by atoms with Gasteiger partial charge < -0.3 is 14.2 Å². The van der Waals surface area contributed by atoms with Crippen molar-refractivity contribution in [2.24, 2.45) is 5.92 Å². The Morgan fingerprint density at radius 3 is 3.00 bits per heavy atom. The molecular weight excluding hydrogens is 415 g/mol. The first-order chi connectivity index (χ1) is 15.1. The SMILES string of the molecule is COC(=O)c1c(NSc2ccc(F)cc2/C=C\CN2CCC2)ccc2c1OCC1CC21. The minimum atomic E-state index is -0.423. The van der Waals surface area contributed by atoms with Gasteiger partial charge in [0.25, 0.3) is 0 Å². The van der Waals surface area contributed by atoms with Crippen molar-refractivity contribution in [1.82, 2.24) is 4.90 Å². The first-order valence-electron chi connectivity index (χ1n) is 10.6. The molecule has 0 spiro atoms. The summed E-state index contributed by atoms with van der Waals surface area (Å²) in [5, 5.41) is 0. The normalized spacial score (nSPS) is 21.6. The molecule has 1 saturated heterocycles. The Morgan fingerprint density at radius 1 is 1.35 bits per heavy atom. The molecule has 5 nitrogen and oxygen atoms in total. The van der Waals surface area contributed by atoms with Gasteiger partial charge in [0.05, 0.1) is 19.4 Å². The van der Waals surface area contributed by atoms with Crippen LogP contribution in [-0.2, 0) is 4.74 Å². The Hall–Kier alpha value is -2.51. The number of likely N-dealkylation sites (tertiary alicyclic amines) is 1. The van der Waals surface area contributed by atoms with Gasteiger partial charge in [0.15, 0.2) is 0 Å². The average molecular weight is 441 g/mol. The molecular formula is C24H25FN2O3S. The third kappa shape index (κ3) is 4.16. The van der Waals surface area contributed by atoms with E-state index in [0.717, 1.165) is 42.1 Å². The Morgan fingerprint density at radius 2 is 2.23 bits per heavy atom. The Kier molecular flexibility index (Phi) is 5.63. The molecule has 2 aromatic carbocycles. The highest BCUT2D eigenvalue weighted by atomic mass is 32.2. The van der Waals surface area contributed by atoms with Gasteiger partial charge in [-0.3, -0.25) is 4.90 Å². The molecule has 2 aromatic rings. The zero-order valence-electron chi connectivity index (χ0n) is 17.4. The van der Waals surface area contributed by atoms with Crippen LogP contribution in [0.3, 0.4) is 0 Å². The van der Waals surface area contributed by atoms with Crippen LogP contribution in [0.5, 0.6) is 5.75 Å². The summed E-state index contributed by atoms with van der Waals surface area (Å²) in [4.78, 5) is 15.8. The van der Waals surface area contributed by atoms with Gasteiger partial charge in [0, 0.05) is 17.4 Å². The number of anilines is 1. The molecule has 3 aliphatic rings. The van der Waals surface area contributed by atoms with Crippen molar-refractivity contribution < 1.29 is 18.7 Å². The van der Waals surface area contributed by atoms with Crippen molar-refractivity contribution in [3.05, 3.63) is 58.9 Å². The number of ether oxygens (including phenoxy) is 2. The van der Waals surface area contributed by atoms with E-state index in [0.29, 0.717) is 35.4 Å². The van der Waals surface area contributed by atoms with Crippen LogP contribution < -0.4 is 9.46 Å². The summed E-state index contributed by atoms with van der Waals surface area (Å²) < 4.78 is 28.1. The highest BCUT2D eigenvalue weighted by Gasteiger charge is 2.45. The molecule has 1 saturated carbocycles. The van der Waals surface area contributed by atoms with Crippen molar-refractivity contribution in [3.63, 3.8) is 0 Å². The van der Waals surface area contributed by atoms with Crippen LogP contribution in [-0.4, -0.2) is 44.2 Å². The molecule has 2 atom stereocenters. The number of carbonyl (C=O) groups is 1. The number of rotatable bonds is 7. The number of methoxy groups -OCH3 is 1. The fourth-order valence-corrected chi connectivity index (χ4v) is 4.96. The van der Waals surface area contributed by atoms with Gasteiger partial charge in [-0.15, -0.1) is 0 Å². The summed E-state index contributed by atoms with van der Waals surface area (Å²) in [6.07, 6.45) is 6.37. The summed E-state index contributed by atoms with van der Waals surface area (Å²) in [5.41, 5.74) is 2.95. The fraction of sp³-hybridized carbons (Fsp3) is 0.375. The third-order valence-corrected chi connectivity index (χ3v) is 7.11. The van der Waals surface area contributed by atoms with Gasteiger partial charge in [-0.2, -0.15) is 0 Å². The second-order valence-corrected chi connectivity index (χ2v) is 9.10. The summed E-state index contributed by atoms with van der Waals surface area (Å²) in [6.45, 7) is 3.75. The van der Waals surface area contributed by atoms with E-state index in [1.807, 2.05) is 18.2 Å². The summed E-state index contributed by atoms with van der Waals surface area (Å²) in [6, 6.07) is 8.66. The largest absolute Gasteiger partial charge is 0.492 e. The monoisotopic (exact) mass is 440 g/mol.